The molecule has 5 heteroatoms. The van der Waals surface area contributed by atoms with E-state index in [0.717, 1.165) is 28.3 Å². The van der Waals surface area contributed by atoms with Crippen molar-refractivity contribution >= 4 is 11.7 Å². The van der Waals surface area contributed by atoms with E-state index in [9.17, 15) is 4.79 Å². The highest BCUT2D eigenvalue weighted by molar-refractivity contribution is 5.94. The van der Waals surface area contributed by atoms with E-state index in [-0.39, 0.29) is 5.91 Å². The molecule has 0 aliphatic heterocycles. The van der Waals surface area contributed by atoms with Gasteiger partial charge in [0.25, 0.3) is 5.91 Å². The summed E-state index contributed by atoms with van der Waals surface area (Å²) in [6.07, 6.45) is 1.59. The summed E-state index contributed by atoms with van der Waals surface area (Å²) in [7, 11) is 1.65. The van der Waals surface area contributed by atoms with E-state index in [4.69, 9.17) is 4.74 Å². The van der Waals surface area contributed by atoms with Crippen LogP contribution in [0.1, 0.15) is 27.0 Å². The summed E-state index contributed by atoms with van der Waals surface area (Å²) in [5.41, 5.74) is 3.93. The standard InChI is InChI=1S/C22H23N3O2/c1-16-5-3-4-6-18(16)14-25-22(26)19-9-12-21(24-15-19)23-13-17-7-10-20(27-2)11-8-17/h3-12,15H,13-14H2,1-2H3,(H,23,24)(H,25,26). The molecule has 3 aromatic rings. The largest absolute Gasteiger partial charge is 0.497 e. The molecule has 0 radical (unpaired) electrons. The van der Waals surface area contributed by atoms with Crippen LogP contribution in [-0.2, 0) is 13.1 Å². The van der Waals surface area contributed by atoms with Gasteiger partial charge in [0.2, 0.25) is 0 Å². The third-order valence-electron chi connectivity index (χ3n) is 4.36. The fourth-order valence-corrected chi connectivity index (χ4v) is 2.65. The Morgan fingerprint density at radius 1 is 1.00 bits per heavy atom. The molecule has 0 fully saturated rings. The zero-order valence-corrected chi connectivity index (χ0v) is 15.5. The van der Waals surface area contributed by atoms with Crippen molar-refractivity contribution in [3.8, 4) is 5.75 Å². The van der Waals surface area contributed by atoms with Gasteiger partial charge in [0, 0.05) is 19.3 Å². The van der Waals surface area contributed by atoms with Crippen molar-refractivity contribution in [1.29, 1.82) is 0 Å². The zero-order chi connectivity index (χ0) is 19.1. The Labute approximate surface area is 159 Å². The second-order valence-corrected chi connectivity index (χ2v) is 6.24. The molecule has 2 N–H and O–H groups in total. The molecular weight excluding hydrogens is 338 g/mol. The number of hydrogen-bond donors (Lipinski definition) is 2. The number of anilines is 1. The van der Waals surface area contributed by atoms with Crippen molar-refractivity contribution in [2.45, 2.75) is 20.0 Å². The van der Waals surface area contributed by atoms with Crippen molar-refractivity contribution in [3.63, 3.8) is 0 Å². The number of carbonyl (C=O) groups excluding carboxylic acids is 1. The topological polar surface area (TPSA) is 63.2 Å². The molecule has 0 unspecified atom stereocenters. The number of nitrogens with one attached hydrogen (secondary N) is 2. The van der Waals surface area contributed by atoms with Crippen LogP contribution in [0.3, 0.4) is 0 Å². The lowest BCUT2D eigenvalue weighted by Crippen LogP contribution is -2.23. The molecule has 0 bridgehead atoms. The van der Waals surface area contributed by atoms with Crippen molar-refractivity contribution in [3.05, 3.63) is 89.1 Å². The number of amides is 1. The van der Waals surface area contributed by atoms with Gasteiger partial charge in [0.05, 0.1) is 12.7 Å². The minimum absolute atomic E-state index is 0.132. The molecule has 1 aromatic heterocycles. The van der Waals surface area contributed by atoms with Crippen LogP contribution < -0.4 is 15.4 Å². The average Bonchev–Trinajstić information content (AvgIpc) is 2.72. The van der Waals surface area contributed by atoms with Gasteiger partial charge in [-0.1, -0.05) is 36.4 Å². The molecule has 27 heavy (non-hydrogen) atoms. The molecule has 0 aliphatic rings. The third-order valence-corrected chi connectivity index (χ3v) is 4.36. The van der Waals surface area contributed by atoms with Crippen LogP contribution in [0.5, 0.6) is 5.75 Å². The minimum Gasteiger partial charge on any atom is -0.497 e. The molecule has 5 nitrogen and oxygen atoms in total. The number of carbonyl (C=O) groups is 1. The van der Waals surface area contributed by atoms with Gasteiger partial charge in [-0.3, -0.25) is 4.79 Å². The number of nitrogens with zero attached hydrogens (tertiary/aromatic N) is 1. The molecule has 0 saturated carbocycles. The van der Waals surface area contributed by atoms with Gasteiger partial charge < -0.3 is 15.4 Å². The number of pyridine rings is 1. The fourth-order valence-electron chi connectivity index (χ4n) is 2.65. The van der Waals surface area contributed by atoms with Crippen LogP contribution in [0.4, 0.5) is 5.82 Å². The predicted molar refractivity (Wildman–Crippen MR) is 107 cm³/mol. The monoisotopic (exact) mass is 361 g/mol. The molecule has 0 spiro atoms. The molecule has 0 aliphatic carbocycles. The Morgan fingerprint density at radius 3 is 2.44 bits per heavy atom. The summed E-state index contributed by atoms with van der Waals surface area (Å²) in [6.45, 7) is 3.19. The SMILES string of the molecule is COc1ccc(CNc2ccc(C(=O)NCc3ccccc3C)cn2)cc1. The van der Waals surface area contributed by atoms with Gasteiger partial charge in [0.1, 0.15) is 11.6 Å². The second-order valence-electron chi connectivity index (χ2n) is 6.24. The van der Waals surface area contributed by atoms with Crippen LogP contribution in [0.2, 0.25) is 0 Å². The maximum Gasteiger partial charge on any atom is 0.253 e. The highest BCUT2D eigenvalue weighted by Gasteiger charge is 2.07. The van der Waals surface area contributed by atoms with Gasteiger partial charge in [0.15, 0.2) is 0 Å². The Bertz CT molecular complexity index is 890. The summed E-state index contributed by atoms with van der Waals surface area (Å²) >= 11 is 0. The van der Waals surface area contributed by atoms with E-state index in [1.54, 1.807) is 19.4 Å². The summed E-state index contributed by atoms with van der Waals surface area (Å²) in [5.74, 6) is 1.42. The fraction of sp³-hybridized carbons (Fsp3) is 0.182. The lowest BCUT2D eigenvalue weighted by molar-refractivity contribution is 0.0950. The van der Waals surface area contributed by atoms with E-state index in [1.165, 1.54) is 0 Å². The van der Waals surface area contributed by atoms with Crippen molar-refractivity contribution in [1.82, 2.24) is 10.3 Å². The maximum atomic E-state index is 12.3. The number of aryl methyl sites for hydroxylation is 1. The van der Waals surface area contributed by atoms with Gasteiger partial charge >= 0.3 is 0 Å². The van der Waals surface area contributed by atoms with Crippen LogP contribution in [-0.4, -0.2) is 18.0 Å². The molecule has 1 heterocycles. The van der Waals surface area contributed by atoms with Crippen LogP contribution in [0.25, 0.3) is 0 Å². The Morgan fingerprint density at radius 2 is 1.78 bits per heavy atom. The number of hydrogen-bond acceptors (Lipinski definition) is 4. The van der Waals surface area contributed by atoms with E-state index in [2.05, 4.69) is 15.6 Å². The van der Waals surface area contributed by atoms with Gasteiger partial charge in [-0.25, -0.2) is 4.98 Å². The Balaban J connectivity index is 1.53. The summed E-state index contributed by atoms with van der Waals surface area (Å²) in [5, 5.41) is 6.18. The first-order chi connectivity index (χ1) is 13.2. The molecule has 0 saturated heterocycles. The van der Waals surface area contributed by atoms with Crippen molar-refractivity contribution in [2.75, 3.05) is 12.4 Å². The second kappa shape index (κ2) is 8.85. The Hall–Kier alpha value is -3.34. The molecular formula is C22H23N3O2. The van der Waals surface area contributed by atoms with E-state index in [1.807, 2.05) is 61.5 Å². The molecule has 138 valence electrons. The van der Waals surface area contributed by atoms with Crippen LogP contribution in [0, 0.1) is 6.92 Å². The number of rotatable bonds is 7. The summed E-state index contributed by atoms with van der Waals surface area (Å²) in [6, 6.07) is 19.4. The molecule has 0 atom stereocenters. The van der Waals surface area contributed by atoms with Crippen LogP contribution in [0.15, 0.2) is 66.9 Å². The third kappa shape index (κ3) is 5.07. The van der Waals surface area contributed by atoms with Gasteiger partial charge in [-0.05, 0) is 47.9 Å². The Kier molecular flexibility index (Phi) is 6.05. The molecule has 2 aromatic carbocycles. The lowest BCUT2D eigenvalue weighted by atomic mass is 10.1. The van der Waals surface area contributed by atoms with E-state index in [0.29, 0.717) is 18.7 Å². The number of ether oxygens (including phenoxy) is 1. The first-order valence-electron chi connectivity index (χ1n) is 8.81. The minimum atomic E-state index is -0.132. The van der Waals surface area contributed by atoms with E-state index >= 15 is 0 Å². The molecule has 1 amide bonds. The van der Waals surface area contributed by atoms with E-state index < -0.39 is 0 Å². The van der Waals surface area contributed by atoms with Crippen molar-refractivity contribution in [2.24, 2.45) is 0 Å². The highest BCUT2D eigenvalue weighted by Crippen LogP contribution is 2.13. The smallest absolute Gasteiger partial charge is 0.253 e. The number of aromatic nitrogens is 1. The van der Waals surface area contributed by atoms with Crippen LogP contribution >= 0.6 is 0 Å². The zero-order valence-electron chi connectivity index (χ0n) is 15.5. The number of benzene rings is 2. The van der Waals surface area contributed by atoms with Gasteiger partial charge in [-0.2, -0.15) is 0 Å². The quantitative estimate of drug-likeness (QED) is 0.669. The maximum absolute atomic E-state index is 12.3. The summed E-state index contributed by atoms with van der Waals surface area (Å²) < 4.78 is 5.15. The first kappa shape index (κ1) is 18.5. The van der Waals surface area contributed by atoms with Crippen molar-refractivity contribution < 1.29 is 9.53 Å². The number of methoxy groups -OCH3 is 1. The normalized spacial score (nSPS) is 10.3. The van der Waals surface area contributed by atoms with Gasteiger partial charge in [-0.15, -0.1) is 0 Å². The lowest BCUT2D eigenvalue weighted by Gasteiger charge is -2.09. The predicted octanol–water partition coefficient (Wildman–Crippen LogP) is 3.94. The first-order valence-corrected chi connectivity index (χ1v) is 8.81. The average molecular weight is 361 g/mol. The highest BCUT2D eigenvalue weighted by atomic mass is 16.5. The summed E-state index contributed by atoms with van der Waals surface area (Å²) in [4.78, 5) is 16.6. The molecule has 3 rings (SSSR count).